The van der Waals surface area contributed by atoms with Gasteiger partial charge in [0.25, 0.3) is 0 Å². The van der Waals surface area contributed by atoms with Crippen LogP contribution in [0.3, 0.4) is 0 Å². The molecule has 0 spiro atoms. The van der Waals surface area contributed by atoms with E-state index in [0.29, 0.717) is 39.5 Å². The zero-order valence-electron chi connectivity index (χ0n) is 43.8. The van der Waals surface area contributed by atoms with Crippen LogP contribution in [-0.4, -0.2) is 80.9 Å². The molecule has 0 saturated carbocycles. The Morgan fingerprint density at radius 1 is 0.429 bits per heavy atom. The summed E-state index contributed by atoms with van der Waals surface area (Å²) in [5, 5.41) is 0. The molecule has 11 heteroatoms. The van der Waals surface area contributed by atoms with E-state index in [1.54, 1.807) is 28.4 Å². The third-order valence-electron chi connectivity index (χ3n) is 14.4. The first-order valence-electron chi connectivity index (χ1n) is 26.0. The van der Waals surface area contributed by atoms with Gasteiger partial charge in [-0.25, -0.2) is 9.97 Å². The Kier molecular flexibility index (Phi) is 15.1. The standard InChI is InChI=1S/C36H37N3O4.C30H24N2O2/c1-40-30-13-9-25(10-14-30)34-35(26-11-15-31(41-2)16-12-26)39(18-20-43-22-21-42-19-17-37)36(38-34)29-8-7-28-23-27-5-3-4-6-32(27)33(28)24-29;1-33-24-13-9-19(10-14-24)28-29(20-11-15-25(34-2)16-12-20)32-30(31-28)23-8-7-22-17-21-5-3-4-6-26(21)27(22)18-23/h3-16,24H,17-23,37H2,1-2H3;3-16,18H,17H2,1-2H3,(H,31,32). The van der Waals surface area contributed by atoms with Crippen molar-refractivity contribution in [2.75, 3.05) is 61.4 Å². The van der Waals surface area contributed by atoms with Gasteiger partial charge >= 0.3 is 0 Å². The molecule has 2 aliphatic rings. The minimum Gasteiger partial charge on any atom is -0.497 e. The van der Waals surface area contributed by atoms with E-state index in [-0.39, 0.29) is 0 Å². The molecule has 11 nitrogen and oxygen atoms in total. The largest absolute Gasteiger partial charge is 0.497 e. The lowest BCUT2D eigenvalue weighted by atomic mass is 10.0. The summed E-state index contributed by atoms with van der Waals surface area (Å²) in [4.78, 5) is 14.0. The van der Waals surface area contributed by atoms with Crippen molar-refractivity contribution in [3.8, 4) is 113 Å². The van der Waals surface area contributed by atoms with Crippen molar-refractivity contribution >= 4 is 0 Å². The molecule has 0 unspecified atom stereocenters. The van der Waals surface area contributed by atoms with Crippen LogP contribution in [-0.2, 0) is 28.9 Å². The Morgan fingerprint density at radius 2 is 0.870 bits per heavy atom. The molecular weight excluding hydrogens is 959 g/mol. The van der Waals surface area contributed by atoms with Gasteiger partial charge in [0.1, 0.15) is 34.6 Å². The summed E-state index contributed by atoms with van der Waals surface area (Å²) in [5.74, 6) is 5.00. The van der Waals surface area contributed by atoms with Crippen molar-refractivity contribution in [3.05, 3.63) is 204 Å². The number of hydrogen-bond donors (Lipinski definition) is 2. The van der Waals surface area contributed by atoms with Crippen LogP contribution in [0.2, 0.25) is 0 Å². The molecule has 2 aromatic heterocycles. The average molecular weight is 1020 g/mol. The molecule has 8 aromatic carbocycles. The van der Waals surface area contributed by atoms with Crippen molar-refractivity contribution in [2.24, 2.45) is 5.73 Å². The second kappa shape index (κ2) is 23.0. The molecule has 0 atom stereocenters. The maximum atomic E-state index is 6.02. The Labute approximate surface area is 449 Å². The maximum absolute atomic E-state index is 6.02. The number of benzene rings is 8. The van der Waals surface area contributed by atoms with Crippen LogP contribution in [0.5, 0.6) is 23.0 Å². The van der Waals surface area contributed by atoms with Crippen molar-refractivity contribution in [2.45, 2.75) is 19.4 Å². The molecule has 0 radical (unpaired) electrons. The Balaban J connectivity index is 0.000000168. The smallest absolute Gasteiger partial charge is 0.141 e. The fourth-order valence-corrected chi connectivity index (χ4v) is 10.4. The lowest BCUT2D eigenvalue weighted by molar-refractivity contribution is 0.0479. The number of aromatic amines is 1. The SMILES string of the molecule is COc1ccc(-c2nc(-c3ccc4c(c3)-c3ccccc3C4)[nH]c2-c2ccc(OC)cc2)cc1.COc1ccc(-c2nc(-c3ccc4c(c3)-c3ccccc3C4)n(CCOCCOCCN)c2-c2ccc(OC)cc2)cc1. The minimum absolute atomic E-state index is 0.503. The zero-order chi connectivity index (χ0) is 52.7. The number of H-pyrrole nitrogens is 1. The van der Waals surface area contributed by atoms with E-state index < -0.39 is 0 Å². The summed E-state index contributed by atoms with van der Waals surface area (Å²) in [6, 6.07) is 63.0. The summed E-state index contributed by atoms with van der Waals surface area (Å²) in [5.41, 5.74) is 26.2. The summed E-state index contributed by atoms with van der Waals surface area (Å²) in [6.07, 6.45) is 1.94. The molecule has 77 heavy (non-hydrogen) atoms. The first-order valence-corrected chi connectivity index (χ1v) is 26.0. The third-order valence-corrected chi connectivity index (χ3v) is 14.4. The highest BCUT2D eigenvalue weighted by Gasteiger charge is 2.25. The predicted molar refractivity (Wildman–Crippen MR) is 307 cm³/mol. The molecule has 0 fully saturated rings. The Morgan fingerprint density at radius 3 is 1.40 bits per heavy atom. The van der Waals surface area contributed by atoms with E-state index in [9.17, 15) is 0 Å². The zero-order valence-corrected chi connectivity index (χ0v) is 43.8. The molecule has 386 valence electrons. The van der Waals surface area contributed by atoms with Crippen molar-refractivity contribution in [1.29, 1.82) is 0 Å². The first-order chi connectivity index (χ1) is 37.9. The topological polar surface area (TPSA) is 128 Å². The number of ether oxygens (including phenoxy) is 6. The summed E-state index contributed by atoms with van der Waals surface area (Å²) in [6.45, 7) is 3.18. The molecule has 0 amide bonds. The average Bonchev–Trinajstić information content (AvgIpc) is 4.36. The normalized spacial score (nSPS) is 11.8. The van der Waals surface area contributed by atoms with Crippen LogP contribution in [0.4, 0.5) is 0 Å². The monoisotopic (exact) mass is 1020 g/mol. The van der Waals surface area contributed by atoms with Gasteiger partial charge in [-0.1, -0.05) is 72.8 Å². The van der Waals surface area contributed by atoms with E-state index >= 15 is 0 Å². The van der Waals surface area contributed by atoms with Crippen LogP contribution in [0.15, 0.2) is 182 Å². The molecule has 0 bridgehead atoms. The van der Waals surface area contributed by atoms with Gasteiger partial charge in [-0.2, -0.15) is 0 Å². The van der Waals surface area contributed by atoms with Gasteiger partial charge in [0.2, 0.25) is 0 Å². The van der Waals surface area contributed by atoms with Crippen LogP contribution >= 0.6 is 0 Å². The van der Waals surface area contributed by atoms with Gasteiger partial charge < -0.3 is 43.7 Å². The number of fused-ring (bicyclic) bond motifs is 6. The summed E-state index contributed by atoms with van der Waals surface area (Å²) in [7, 11) is 6.72. The lowest BCUT2D eigenvalue weighted by Gasteiger charge is -2.15. The molecule has 0 saturated heterocycles. The molecule has 10 aromatic rings. The van der Waals surface area contributed by atoms with E-state index in [4.69, 9.17) is 44.1 Å². The molecular formula is C66H61N5O6. The molecule has 3 N–H and O–H groups in total. The number of hydrogen-bond acceptors (Lipinski definition) is 9. The van der Waals surface area contributed by atoms with E-state index in [2.05, 4.69) is 131 Å². The fourth-order valence-electron chi connectivity index (χ4n) is 10.4. The highest BCUT2D eigenvalue weighted by molar-refractivity contribution is 5.87. The van der Waals surface area contributed by atoms with Crippen LogP contribution in [0.1, 0.15) is 22.3 Å². The van der Waals surface area contributed by atoms with Gasteiger partial charge in [-0.15, -0.1) is 0 Å². The number of aromatic nitrogens is 4. The van der Waals surface area contributed by atoms with Crippen molar-refractivity contribution < 1.29 is 28.4 Å². The number of nitrogens with zero attached hydrogens (tertiary/aromatic N) is 3. The number of rotatable bonds is 18. The van der Waals surface area contributed by atoms with Crippen molar-refractivity contribution in [1.82, 2.24) is 19.5 Å². The van der Waals surface area contributed by atoms with Gasteiger partial charge in [0, 0.05) is 46.5 Å². The maximum Gasteiger partial charge on any atom is 0.141 e. The molecule has 12 rings (SSSR count). The van der Waals surface area contributed by atoms with Gasteiger partial charge in [0.15, 0.2) is 0 Å². The molecule has 2 heterocycles. The third kappa shape index (κ3) is 10.6. The van der Waals surface area contributed by atoms with Crippen molar-refractivity contribution in [3.63, 3.8) is 0 Å². The number of methoxy groups -OCH3 is 4. The number of nitrogens with one attached hydrogen (secondary N) is 1. The predicted octanol–water partition coefficient (Wildman–Crippen LogP) is 13.5. The van der Waals surface area contributed by atoms with E-state index in [1.165, 1.54) is 44.5 Å². The van der Waals surface area contributed by atoms with Crippen LogP contribution < -0.4 is 24.7 Å². The van der Waals surface area contributed by atoms with Gasteiger partial charge in [-0.3, -0.25) is 0 Å². The van der Waals surface area contributed by atoms with Crippen LogP contribution in [0.25, 0.3) is 90.1 Å². The van der Waals surface area contributed by atoms with Crippen LogP contribution in [0, 0.1) is 0 Å². The van der Waals surface area contributed by atoms with Gasteiger partial charge in [0.05, 0.1) is 77.6 Å². The summed E-state index contributed by atoms with van der Waals surface area (Å²) >= 11 is 0. The van der Waals surface area contributed by atoms with E-state index in [1.807, 2.05) is 60.7 Å². The second-order valence-corrected chi connectivity index (χ2v) is 18.9. The highest BCUT2D eigenvalue weighted by atomic mass is 16.5. The quantitative estimate of drug-likeness (QED) is 0.0808. The summed E-state index contributed by atoms with van der Waals surface area (Å²) < 4.78 is 35.4. The van der Waals surface area contributed by atoms with E-state index in [0.717, 1.165) is 104 Å². The fraction of sp³-hybridized carbons (Fsp3) is 0.182. The second-order valence-electron chi connectivity index (χ2n) is 18.9. The molecule has 2 aliphatic carbocycles. The first kappa shape index (κ1) is 50.4. The lowest BCUT2D eigenvalue weighted by Crippen LogP contribution is -2.14. The molecule has 0 aliphatic heterocycles. The minimum atomic E-state index is 0.503. The highest BCUT2D eigenvalue weighted by Crippen LogP contribution is 2.43. The number of nitrogens with two attached hydrogens (primary N) is 1. The van der Waals surface area contributed by atoms with Gasteiger partial charge in [-0.05, 0) is 167 Å². The Hall–Kier alpha value is -8.74. The number of imidazole rings is 2. The Bertz CT molecular complexity index is 3580.